The van der Waals surface area contributed by atoms with Crippen LogP contribution in [-0.4, -0.2) is 33.3 Å². The van der Waals surface area contributed by atoms with Gasteiger partial charge in [0, 0.05) is 24.6 Å². The van der Waals surface area contributed by atoms with Gasteiger partial charge in [0.1, 0.15) is 6.54 Å². The average molecular weight is 343 g/mol. The highest BCUT2D eigenvalue weighted by molar-refractivity contribution is 5.75. The number of benzene rings is 1. The van der Waals surface area contributed by atoms with Crippen molar-refractivity contribution >= 4 is 11.9 Å². The van der Waals surface area contributed by atoms with Crippen LogP contribution in [0.15, 0.2) is 47.3 Å². The first-order valence-corrected chi connectivity index (χ1v) is 8.18. The van der Waals surface area contributed by atoms with Crippen LogP contribution >= 0.6 is 0 Å². The summed E-state index contributed by atoms with van der Waals surface area (Å²) in [7, 11) is 0. The molecule has 0 aliphatic rings. The summed E-state index contributed by atoms with van der Waals surface area (Å²) in [6.45, 7) is 0.306. The van der Waals surface area contributed by atoms with Crippen molar-refractivity contribution in [2.75, 3.05) is 6.54 Å². The highest BCUT2D eigenvalue weighted by Crippen LogP contribution is 2.13. The zero-order chi connectivity index (χ0) is 18.1. The fraction of sp³-hybridized carbons (Fsp3) is 0.333. The standard InChI is InChI=1S/C18H21N3O4/c22-16(19-12-6-2-5-9-18(24)25)13-21-17(23)11-10-15(20-21)14-7-3-1-4-8-14/h1,3-4,7-8,10-11H,2,5-6,9,12-13H2,(H,19,22)(H,24,25). The van der Waals surface area contributed by atoms with E-state index in [-0.39, 0.29) is 24.4 Å². The van der Waals surface area contributed by atoms with Gasteiger partial charge in [-0.25, -0.2) is 4.68 Å². The van der Waals surface area contributed by atoms with E-state index in [1.54, 1.807) is 6.07 Å². The summed E-state index contributed by atoms with van der Waals surface area (Å²) in [6.07, 6.45) is 2.16. The van der Waals surface area contributed by atoms with Crippen LogP contribution in [0.25, 0.3) is 11.3 Å². The zero-order valence-corrected chi connectivity index (χ0v) is 13.9. The molecule has 1 aromatic heterocycles. The molecule has 1 aromatic carbocycles. The number of amides is 1. The van der Waals surface area contributed by atoms with E-state index in [1.165, 1.54) is 6.07 Å². The fourth-order valence-electron chi connectivity index (χ4n) is 2.32. The number of nitrogens with zero attached hydrogens (tertiary/aromatic N) is 2. The van der Waals surface area contributed by atoms with Gasteiger partial charge in [0.2, 0.25) is 5.91 Å². The van der Waals surface area contributed by atoms with Gasteiger partial charge in [-0.1, -0.05) is 36.8 Å². The molecule has 0 saturated carbocycles. The van der Waals surface area contributed by atoms with Gasteiger partial charge < -0.3 is 10.4 Å². The van der Waals surface area contributed by atoms with Crippen LogP contribution in [-0.2, 0) is 16.1 Å². The predicted molar refractivity (Wildman–Crippen MR) is 93.0 cm³/mol. The number of aliphatic carboxylic acids is 1. The minimum atomic E-state index is -0.812. The fourth-order valence-corrected chi connectivity index (χ4v) is 2.32. The third-order valence-electron chi connectivity index (χ3n) is 3.62. The minimum absolute atomic E-state index is 0.138. The Kier molecular flexibility index (Phi) is 6.88. The molecule has 1 heterocycles. The molecule has 7 nitrogen and oxygen atoms in total. The van der Waals surface area contributed by atoms with E-state index >= 15 is 0 Å². The molecule has 0 aliphatic carbocycles. The SMILES string of the molecule is O=C(O)CCCCCNC(=O)Cn1nc(-c2ccccc2)ccc1=O. The van der Waals surface area contributed by atoms with Gasteiger partial charge in [-0.15, -0.1) is 0 Å². The largest absolute Gasteiger partial charge is 0.481 e. The third kappa shape index (κ3) is 6.21. The summed E-state index contributed by atoms with van der Waals surface area (Å²) >= 11 is 0. The second-order valence-corrected chi connectivity index (χ2v) is 5.63. The molecule has 0 spiro atoms. The zero-order valence-electron chi connectivity index (χ0n) is 13.9. The molecule has 0 atom stereocenters. The van der Waals surface area contributed by atoms with E-state index in [4.69, 9.17) is 5.11 Å². The molecular weight excluding hydrogens is 322 g/mol. The lowest BCUT2D eigenvalue weighted by Gasteiger charge is -2.08. The van der Waals surface area contributed by atoms with Crippen molar-refractivity contribution in [1.29, 1.82) is 0 Å². The third-order valence-corrected chi connectivity index (χ3v) is 3.62. The Morgan fingerprint density at radius 2 is 1.80 bits per heavy atom. The van der Waals surface area contributed by atoms with Crippen molar-refractivity contribution in [2.45, 2.75) is 32.2 Å². The maximum absolute atomic E-state index is 11.9. The molecule has 25 heavy (non-hydrogen) atoms. The van der Waals surface area contributed by atoms with Crippen molar-refractivity contribution < 1.29 is 14.7 Å². The molecule has 132 valence electrons. The van der Waals surface area contributed by atoms with Crippen LogP contribution in [0.5, 0.6) is 0 Å². The van der Waals surface area contributed by atoms with E-state index < -0.39 is 5.97 Å². The number of nitrogens with one attached hydrogen (secondary N) is 1. The van der Waals surface area contributed by atoms with E-state index in [2.05, 4.69) is 10.4 Å². The summed E-state index contributed by atoms with van der Waals surface area (Å²) in [6, 6.07) is 12.4. The molecule has 0 bridgehead atoms. The molecule has 0 unspecified atom stereocenters. The minimum Gasteiger partial charge on any atom is -0.481 e. The molecule has 0 fully saturated rings. The van der Waals surface area contributed by atoms with Crippen molar-refractivity contribution in [2.24, 2.45) is 0 Å². The Hall–Kier alpha value is -2.96. The molecular formula is C18H21N3O4. The Labute approximate surface area is 145 Å². The van der Waals surface area contributed by atoms with Crippen LogP contribution in [0.4, 0.5) is 0 Å². The number of carbonyl (C=O) groups is 2. The van der Waals surface area contributed by atoms with Crippen molar-refractivity contribution in [3.05, 3.63) is 52.8 Å². The number of rotatable bonds is 9. The quantitative estimate of drug-likeness (QED) is 0.675. The highest BCUT2D eigenvalue weighted by atomic mass is 16.4. The number of unbranched alkanes of at least 4 members (excludes halogenated alkanes) is 2. The van der Waals surface area contributed by atoms with Gasteiger partial charge in [0.25, 0.3) is 5.56 Å². The second kappa shape index (κ2) is 9.36. The first kappa shape index (κ1) is 18.4. The van der Waals surface area contributed by atoms with E-state index in [0.29, 0.717) is 25.1 Å². The van der Waals surface area contributed by atoms with Crippen molar-refractivity contribution in [3.63, 3.8) is 0 Å². The second-order valence-electron chi connectivity index (χ2n) is 5.63. The molecule has 0 radical (unpaired) electrons. The first-order chi connectivity index (χ1) is 12.1. The van der Waals surface area contributed by atoms with Crippen LogP contribution in [0.3, 0.4) is 0 Å². The summed E-state index contributed by atoms with van der Waals surface area (Å²) < 4.78 is 1.14. The van der Waals surface area contributed by atoms with E-state index in [1.807, 2.05) is 30.3 Å². The topological polar surface area (TPSA) is 101 Å². The maximum atomic E-state index is 11.9. The van der Waals surface area contributed by atoms with E-state index in [0.717, 1.165) is 16.7 Å². The van der Waals surface area contributed by atoms with Gasteiger partial charge >= 0.3 is 5.97 Å². The number of aromatic nitrogens is 2. The number of hydrogen-bond donors (Lipinski definition) is 2. The average Bonchev–Trinajstić information content (AvgIpc) is 2.60. The maximum Gasteiger partial charge on any atom is 0.303 e. The Bertz CT molecular complexity index is 771. The molecule has 2 rings (SSSR count). The molecule has 0 aliphatic heterocycles. The smallest absolute Gasteiger partial charge is 0.303 e. The Morgan fingerprint density at radius 3 is 2.52 bits per heavy atom. The van der Waals surface area contributed by atoms with Crippen molar-refractivity contribution in [1.82, 2.24) is 15.1 Å². The normalized spacial score (nSPS) is 10.4. The molecule has 1 amide bonds. The lowest BCUT2D eigenvalue weighted by Crippen LogP contribution is -2.34. The summed E-state index contributed by atoms with van der Waals surface area (Å²) in [5, 5.41) is 15.5. The van der Waals surface area contributed by atoms with Crippen molar-refractivity contribution in [3.8, 4) is 11.3 Å². The van der Waals surface area contributed by atoms with Gasteiger partial charge in [0.15, 0.2) is 0 Å². The lowest BCUT2D eigenvalue weighted by atomic mass is 10.1. The van der Waals surface area contributed by atoms with Gasteiger partial charge in [-0.3, -0.25) is 14.4 Å². The molecule has 2 N–H and O–H groups in total. The molecule has 0 saturated heterocycles. The monoisotopic (exact) mass is 343 g/mol. The van der Waals surface area contributed by atoms with Crippen LogP contribution in [0.2, 0.25) is 0 Å². The van der Waals surface area contributed by atoms with E-state index in [9.17, 15) is 14.4 Å². The van der Waals surface area contributed by atoms with Crippen LogP contribution in [0, 0.1) is 0 Å². The highest BCUT2D eigenvalue weighted by Gasteiger charge is 2.07. The summed E-state index contributed by atoms with van der Waals surface area (Å²) in [5.74, 6) is -1.11. The van der Waals surface area contributed by atoms with Gasteiger partial charge in [-0.05, 0) is 18.9 Å². The molecule has 2 aromatic rings. The number of carbonyl (C=O) groups excluding carboxylic acids is 1. The first-order valence-electron chi connectivity index (χ1n) is 8.18. The number of hydrogen-bond acceptors (Lipinski definition) is 4. The van der Waals surface area contributed by atoms with Gasteiger partial charge in [0.05, 0.1) is 5.69 Å². The predicted octanol–water partition coefficient (Wildman–Crippen LogP) is 1.67. The molecule has 7 heteroatoms. The number of carboxylic acids is 1. The lowest BCUT2D eigenvalue weighted by molar-refractivity contribution is -0.137. The van der Waals surface area contributed by atoms with Crippen LogP contribution in [0.1, 0.15) is 25.7 Å². The Balaban J connectivity index is 1.86. The summed E-state index contributed by atoms with van der Waals surface area (Å²) in [4.78, 5) is 34.2. The Morgan fingerprint density at radius 1 is 1.04 bits per heavy atom. The van der Waals surface area contributed by atoms with Gasteiger partial charge in [-0.2, -0.15) is 5.10 Å². The number of carboxylic acid groups (broad SMARTS) is 1. The van der Waals surface area contributed by atoms with Crippen LogP contribution < -0.4 is 10.9 Å². The summed E-state index contributed by atoms with van der Waals surface area (Å²) in [5.41, 5.74) is 1.16.